The second-order valence-corrected chi connectivity index (χ2v) is 14.3. The number of Topliss-reactive ketones (excluding diaryl/α,β-unsaturated/α-hetero) is 2. The number of carbonyl (C=O) groups is 4. The second kappa shape index (κ2) is 11.8. The molecule has 13 heteroatoms. The summed E-state index contributed by atoms with van der Waals surface area (Å²) in [4.78, 5) is 55.9. The zero-order valence-electron chi connectivity index (χ0n) is 26.9. The van der Waals surface area contributed by atoms with Crippen LogP contribution in [0.4, 0.5) is 0 Å². The van der Waals surface area contributed by atoms with Crippen molar-refractivity contribution in [1.82, 2.24) is 9.80 Å². The number of nitrogens with two attached hydrogens (primary N) is 1. The maximum Gasteiger partial charge on any atom is 0.255 e. The molecule has 0 aromatic heterocycles. The third-order valence-electron chi connectivity index (χ3n) is 9.60. The molecule has 12 nitrogen and oxygen atoms in total. The van der Waals surface area contributed by atoms with Gasteiger partial charge in [-0.1, -0.05) is 32.9 Å². The highest BCUT2D eigenvalue weighted by atomic mass is 35.5. The van der Waals surface area contributed by atoms with Crippen LogP contribution in [0.15, 0.2) is 35.1 Å². The van der Waals surface area contributed by atoms with Gasteiger partial charge in [0, 0.05) is 52.2 Å². The van der Waals surface area contributed by atoms with E-state index in [1.54, 1.807) is 23.1 Å². The molecule has 47 heavy (non-hydrogen) atoms. The SMILES string of the molecule is CN(C)[C@@H]1C(=O)C(C(N)=O)=C(O)[C@@]2(O)C(=O)C3=C(O)c4c(c(O)c5ccc(CN(CCCCl)C(=O)C(C)(C)C)cc5c4O)C[C@H]3C[C@@H]12. The number of hydrogen-bond acceptors (Lipinski definition) is 10. The van der Waals surface area contributed by atoms with Gasteiger partial charge in [0.2, 0.25) is 11.7 Å². The number of benzene rings is 2. The molecule has 0 spiro atoms. The minimum absolute atomic E-state index is 0.0437. The molecule has 2 amide bonds. The molecule has 0 heterocycles. The van der Waals surface area contributed by atoms with E-state index >= 15 is 0 Å². The number of aliphatic hydroxyl groups is 3. The van der Waals surface area contributed by atoms with Crippen molar-refractivity contribution in [2.75, 3.05) is 26.5 Å². The van der Waals surface area contributed by atoms with E-state index in [0.29, 0.717) is 24.4 Å². The Morgan fingerprint density at radius 1 is 1.06 bits per heavy atom. The van der Waals surface area contributed by atoms with Gasteiger partial charge in [-0.25, -0.2) is 0 Å². The molecule has 3 aliphatic carbocycles. The number of nitrogens with zero attached hydrogens (tertiary/aromatic N) is 2. The number of aliphatic hydroxyl groups excluding tert-OH is 2. The number of carbonyl (C=O) groups excluding carboxylic acids is 4. The molecule has 2 aromatic rings. The van der Waals surface area contributed by atoms with Gasteiger partial charge in [-0.2, -0.15) is 0 Å². The molecule has 0 radical (unpaired) electrons. The Labute approximate surface area is 276 Å². The van der Waals surface area contributed by atoms with E-state index in [0.717, 1.165) is 0 Å². The van der Waals surface area contributed by atoms with E-state index in [1.807, 2.05) is 20.8 Å². The molecule has 252 valence electrons. The Balaban J connectivity index is 1.65. The minimum atomic E-state index is -2.77. The summed E-state index contributed by atoms with van der Waals surface area (Å²) < 4.78 is 0. The van der Waals surface area contributed by atoms with E-state index in [9.17, 15) is 44.7 Å². The van der Waals surface area contributed by atoms with Gasteiger partial charge in [-0.15, -0.1) is 11.6 Å². The summed E-state index contributed by atoms with van der Waals surface area (Å²) in [5.74, 6) is -7.62. The number of phenolic OH excluding ortho intramolecular Hbond substituents is 2. The van der Waals surface area contributed by atoms with E-state index < -0.39 is 69.2 Å². The van der Waals surface area contributed by atoms with Crippen LogP contribution < -0.4 is 5.73 Å². The molecule has 0 bridgehead atoms. The summed E-state index contributed by atoms with van der Waals surface area (Å²) in [6, 6.07) is 3.72. The van der Waals surface area contributed by atoms with Crippen molar-refractivity contribution in [1.29, 1.82) is 0 Å². The van der Waals surface area contributed by atoms with Crippen LogP contribution in [0.2, 0.25) is 0 Å². The standard InChI is InChI=1S/C34H40ClN3O9/c1-33(2,3)32(46)38(10-6-9-35)14-15-7-8-17-18(11-15)26(40)22-19(25(17)39)12-16-13-20-24(37(4)5)28(42)23(31(36)45)30(44)34(20,47)29(43)21(16)27(22)41/h7-8,11,16,20,24,39-41,44,47H,6,9-10,12-14H2,1-5H3,(H2,36,45)/t16-,20-,24-,34-/m0/s1. The van der Waals surface area contributed by atoms with Gasteiger partial charge < -0.3 is 36.2 Å². The Bertz CT molecular complexity index is 1790. The Hall–Kier alpha value is -4.13. The third kappa shape index (κ3) is 5.22. The highest BCUT2D eigenvalue weighted by Gasteiger charge is 2.64. The van der Waals surface area contributed by atoms with Crippen molar-refractivity contribution >= 4 is 51.5 Å². The van der Waals surface area contributed by atoms with Crippen LogP contribution in [0.3, 0.4) is 0 Å². The molecule has 4 atom stereocenters. The number of ketones is 2. The van der Waals surface area contributed by atoms with Crippen LogP contribution in [-0.4, -0.2) is 96.9 Å². The number of amides is 2. The molecule has 0 aliphatic heterocycles. The van der Waals surface area contributed by atoms with E-state index in [2.05, 4.69) is 0 Å². The fraction of sp³-hybridized carbons (Fsp3) is 0.471. The number of phenols is 2. The Kier molecular flexibility index (Phi) is 8.62. The first kappa shape index (κ1) is 34.2. The van der Waals surface area contributed by atoms with Crippen LogP contribution >= 0.6 is 11.6 Å². The summed E-state index contributed by atoms with van der Waals surface area (Å²) in [5.41, 5.74) is 1.33. The molecule has 0 unspecified atom stereocenters. The lowest BCUT2D eigenvalue weighted by Gasteiger charge is -2.50. The first-order valence-corrected chi connectivity index (χ1v) is 15.9. The molecule has 2 aromatic carbocycles. The van der Waals surface area contributed by atoms with Gasteiger partial charge in [0.1, 0.15) is 28.6 Å². The van der Waals surface area contributed by atoms with Gasteiger partial charge in [0.05, 0.1) is 11.6 Å². The van der Waals surface area contributed by atoms with Gasteiger partial charge >= 0.3 is 0 Å². The third-order valence-corrected chi connectivity index (χ3v) is 9.86. The van der Waals surface area contributed by atoms with Crippen LogP contribution in [-0.2, 0) is 32.1 Å². The number of rotatable bonds is 7. The highest BCUT2D eigenvalue weighted by Crippen LogP contribution is 2.55. The molecule has 0 saturated heterocycles. The normalized spacial score (nSPS) is 24.4. The highest BCUT2D eigenvalue weighted by molar-refractivity contribution is 6.24. The number of primary amides is 1. The van der Waals surface area contributed by atoms with Crippen molar-refractivity contribution in [3.63, 3.8) is 0 Å². The predicted molar refractivity (Wildman–Crippen MR) is 174 cm³/mol. The van der Waals surface area contributed by atoms with Crippen molar-refractivity contribution in [2.24, 2.45) is 23.0 Å². The summed E-state index contributed by atoms with van der Waals surface area (Å²) in [6.07, 6.45) is 0.427. The van der Waals surface area contributed by atoms with Gasteiger partial charge in [-0.05, 0) is 50.9 Å². The van der Waals surface area contributed by atoms with E-state index in [4.69, 9.17) is 17.3 Å². The summed E-state index contributed by atoms with van der Waals surface area (Å²) >= 11 is 5.91. The van der Waals surface area contributed by atoms with Gasteiger partial charge in [0.25, 0.3) is 5.91 Å². The number of halogens is 1. The molecule has 5 rings (SSSR count). The average Bonchev–Trinajstić information content (AvgIpc) is 2.98. The van der Waals surface area contributed by atoms with Crippen LogP contribution in [0.1, 0.15) is 50.3 Å². The maximum atomic E-state index is 14.1. The lowest BCUT2D eigenvalue weighted by Crippen LogP contribution is -2.65. The zero-order chi connectivity index (χ0) is 34.9. The number of hydrogen-bond donors (Lipinski definition) is 6. The topological polar surface area (TPSA) is 202 Å². The van der Waals surface area contributed by atoms with E-state index in [-0.39, 0.29) is 58.5 Å². The Morgan fingerprint density at radius 3 is 2.30 bits per heavy atom. The lowest BCUT2D eigenvalue weighted by molar-refractivity contribution is -0.153. The monoisotopic (exact) mass is 669 g/mol. The van der Waals surface area contributed by atoms with Crippen molar-refractivity contribution < 1.29 is 44.7 Å². The maximum absolute atomic E-state index is 14.1. The number of likely N-dealkylation sites (N-methyl/N-ethyl adjacent to an activating group) is 1. The smallest absolute Gasteiger partial charge is 0.255 e. The van der Waals surface area contributed by atoms with Crippen LogP contribution in [0.5, 0.6) is 11.5 Å². The van der Waals surface area contributed by atoms with Crippen LogP contribution in [0, 0.1) is 17.3 Å². The molecule has 1 saturated carbocycles. The molecular weight excluding hydrogens is 630 g/mol. The first-order valence-electron chi connectivity index (χ1n) is 15.4. The second-order valence-electron chi connectivity index (χ2n) is 13.9. The molecule has 3 aliphatic rings. The fourth-order valence-corrected chi connectivity index (χ4v) is 7.55. The molecule has 1 fully saturated rings. The van der Waals surface area contributed by atoms with Gasteiger partial charge in [0.15, 0.2) is 11.4 Å². The minimum Gasteiger partial charge on any atom is -0.508 e. The lowest BCUT2D eigenvalue weighted by atomic mass is 9.57. The summed E-state index contributed by atoms with van der Waals surface area (Å²) in [6.45, 7) is 6.01. The van der Waals surface area contributed by atoms with E-state index in [1.165, 1.54) is 19.0 Å². The quantitative estimate of drug-likeness (QED) is 0.145. The number of aromatic hydroxyl groups is 2. The fourth-order valence-electron chi connectivity index (χ4n) is 7.43. The average molecular weight is 670 g/mol. The first-order chi connectivity index (χ1) is 21.9. The van der Waals surface area contributed by atoms with Crippen molar-refractivity contribution in [3.05, 3.63) is 51.8 Å². The Morgan fingerprint density at radius 2 is 1.72 bits per heavy atom. The van der Waals surface area contributed by atoms with Crippen molar-refractivity contribution in [2.45, 2.75) is 58.2 Å². The van der Waals surface area contributed by atoms with Crippen LogP contribution in [0.25, 0.3) is 16.5 Å². The number of alkyl halides is 1. The summed E-state index contributed by atoms with van der Waals surface area (Å²) in [5, 5.41) is 57.9. The summed E-state index contributed by atoms with van der Waals surface area (Å²) in [7, 11) is 3.04. The molecule has 7 N–H and O–H groups in total. The number of fused-ring (bicyclic) bond motifs is 4. The molecular formula is C34H40ClN3O9. The largest absolute Gasteiger partial charge is 0.508 e. The predicted octanol–water partition coefficient (Wildman–Crippen LogP) is 2.83. The van der Waals surface area contributed by atoms with Crippen molar-refractivity contribution in [3.8, 4) is 11.5 Å². The zero-order valence-corrected chi connectivity index (χ0v) is 27.7. The van der Waals surface area contributed by atoms with Gasteiger partial charge in [-0.3, -0.25) is 24.1 Å².